The van der Waals surface area contributed by atoms with Gasteiger partial charge in [0.1, 0.15) is 19.3 Å². The van der Waals surface area contributed by atoms with Crippen LogP contribution in [0, 0.1) is 17.8 Å². The Morgan fingerprint density at radius 2 is 0.648 bits per heavy atom. The molecule has 0 aromatic heterocycles. The predicted octanol–water partition coefficient (Wildman–Crippen LogP) is 20.2. The lowest BCUT2D eigenvalue weighted by atomic mass is 9.99. The second-order valence-electron chi connectivity index (χ2n) is 26.3. The molecule has 17 nitrogen and oxygen atoms in total. The lowest BCUT2D eigenvalue weighted by Crippen LogP contribution is -2.30. The number of ether oxygens (including phenoxy) is 4. The minimum atomic E-state index is -4.96. The number of hydrogen-bond acceptors (Lipinski definition) is 15. The van der Waals surface area contributed by atoms with E-state index >= 15 is 0 Å². The summed E-state index contributed by atoms with van der Waals surface area (Å²) in [5.41, 5.74) is 0. The average molecular weight is 1340 g/mol. The second kappa shape index (κ2) is 62.4. The first kappa shape index (κ1) is 88.5. The molecule has 91 heavy (non-hydrogen) atoms. The molecule has 0 fully saturated rings. The smallest absolute Gasteiger partial charge is 0.462 e. The summed E-state index contributed by atoms with van der Waals surface area (Å²) >= 11 is 0. The first-order valence-corrected chi connectivity index (χ1v) is 39.7. The van der Waals surface area contributed by atoms with Crippen molar-refractivity contribution in [3.05, 3.63) is 24.3 Å². The van der Waals surface area contributed by atoms with E-state index in [0.29, 0.717) is 31.6 Å². The topological polar surface area (TPSA) is 237 Å². The summed E-state index contributed by atoms with van der Waals surface area (Å²) in [5.74, 6) is 0.115. The molecular formula is C72H136O17P2. The second-order valence-corrected chi connectivity index (χ2v) is 29.2. The molecule has 0 saturated carbocycles. The molecule has 0 heterocycles. The van der Waals surface area contributed by atoms with Crippen molar-refractivity contribution < 1.29 is 80.2 Å². The van der Waals surface area contributed by atoms with Crippen LogP contribution in [0.1, 0.15) is 337 Å². The number of unbranched alkanes of at least 4 members (excludes halogenated alkanes) is 31. The fraction of sp³-hybridized carbons (Fsp3) is 0.889. The number of allylic oxidation sites excluding steroid dienone is 4. The van der Waals surface area contributed by atoms with E-state index in [1.807, 2.05) is 0 Å². The van der Waals surface area contributed by atoms with Crippen molar-refractivity contribution in [3.63, 3.8) is 0 Å². The number of phosphoric ester groups is 2. The zero-order valence-electron chi connectivity index (χ0n) is 58.8. The molecule has 0 saturated heterocycles. The van der Waals surface area contributed by atoms with Crippen LogP contribution in [-0.4, -0.2) is 96.7 Å². The van der Waals surface area contributed by atoms with Crippen LogP contribution in [0.2, 0.25) is 0 Å². The standard InChI is InChI=1S/C72H136O17P2/c1-8-11-12-13-14-15-16-17-18-19-20-24-32-39-46-53-69(74)82-59-67(89-72(77)56-49-42-34-27-26-31-38-45-52-65(7)10-3)61-86-90(78,79)84-57-66(73)58-85-91(80,81)87-62-68(60-83-70(75)54-47-40-35-28-29-36-43-50-63(4)5)88-71(76)55-48-41-33-25-22-21-23-30-37-44-51-64(6)9-2/h15-18,63-68,73H,8-14,19-62H2,1-7H3,(H,78,79)(H,80,81)/b16-15-,18-17-/t64?,65?,66?,67-,68-/m1/s1. The van der Waals surface area contributed by atoms with E-state index in [2.05, 4.69) is 72.8 Å². The van der Waals surface area contributed by atoms with Gasteiger partial charge in [-0.05, 0) is 69.1 Å². The Labute approximate surface area is 554 Å². The monoisotopic (exact) mass is 1330 g/mol. The van der Waals surface area contributed by atoms with Crippen molar-refractivity contribution in [1.82, 2.24) is 0 Å². The third kappa shape index (κ3) is 63.4. The highest BCUT2D eigenvalue weighted by molar-refractivity contribution is 7.47. The maximum absolute atomic E-state index is 13.0. The highest BCUT2D eigenvalue weighted by Gasteiger charge is 2.30. The summed E-state index contributed by atoms with van der Waals surface area (Å²) in [6.07, 6.45) is 49.3. The average Bonchev–Trinajstić information content (AvgIpc) is 3.38. The molecule has 0 aromatic rings. The Hall–Kier alpha value is -2.46. The largest absolute Gasteiger partial charge is 0.472 e. The first-order chi connectivity index (χ1) is 43.8. The first-order valence-electron chi connectivity index (χ1n) is 36.7. The van der Waals surface area contributed by atoms with Gasteiger partial charge < -0.3 is 33.8 Å². The number of phosphoric acid groups is 2. The van der Waals surface area contributed by atoms with Crippen molar-refractivity contribution in [3.8, 4) is 0 Å². The zero-order chi connectivity index (χ0) is 67.3. The van der Waals surface area contributed by atoms with Crippen LogP contribution in [0.15, 0.2) is 24.3 Å². The molecule has 0 amide bonds. The van der Waals surface area contributed by atoms with Crippen LogP contribution in [0.4, 0.5) is 0 Å². The number of carbonyl (C=O) groups excluding carboxylic acids is 4. The van der Waals surface area contributed by atoms with Gasteiger partial charge in [0.2, 0.25) is 0 Å². The van der Waals surface area contributed by atoms with Gasteiger partial charge in [0.15, 0.2) is 12.2 Å². The summed E-state index contributed by atoms with van der Waals surface area (Å²) in [6.45, 7) is 11.8. The molecule has 19 heteroatoms. The Morgan fingerprint density at radius 1 is 0.363 bits per heavy atom. The number of aliphatic hydroxyl groups is 1. The van der Waals surface area contributed by atoms with Crippen molar-refractivity contribution in [1.29, 1.82) is 0 Å². The summed E-state index contributed by atoms with van der Waals surface area (Å²) in [4.78, 5) is 72.6. The van der Waals surface area contributed by atoms with Gasteiger partial charge in [0.25, 0.3) is 0 Å². The maximum Gasteiger partial charge on any atom is 0.472 e. The minimum absolute atomic E-state index is 0.0977. The van der Waals surface area contributed by atoms with E-state index < -0.39 is 97.5 Å². The van der Waals surface area contributed by atoms with Gasteiger partial charge in [0.05, 0.1) is 26.4 Å². The van der Waals surface area contributed by atoms with Crippen molar-refractivity contribution in [2.75, 3.05) is 39.6 Å². The molecule has 5 unspecified atom stereocenters. The van der Waals surface area contributed by atoms with E-state index in [4.69, 9.17) is 37.0 Å². The van der Waals surface area contributed by atoms with Gasteiger partial charge in [0, 0.05) is 25.7 Å². The maximum atomic E-state index is 13.0. The number of hydrogen-bond donors (Lipinski definition) is 3. The van der Waals surface area contributed by atoms with Crippen LogP contribution >= 0.6 is 15.6 Å². The fourth-order valence-corrected chi connectivity index (χ4v) is 11.9. The molecule has 536 valence electrons. The van der Waals surface area contributed by atoms with Gasteiger partial charge in [-0.25, -0.2) is 9.13 Å². The number of carbonyl (C=O) groups is 4. The van der Waals surface area contributed by atoms with Crippen LogP contribution in [0.3, 0.4) is 0 Å². The highest BCUT2D eigenvalue weighted by Crippen LogP contribution is 2.45. The highest BCUT2D eigenvalue weighted by atomic mass is 31.2. The number of esters is 4. The Morgan fingerprint density at radius 3 is 0.978 bits per heavy atom. The Bertz CT molecular complexity index is 1880. The van der Waals surface area contributed by atoms with Crippen LogP contribution < -0.4 is 0 Å². The molecule has 0 rings (SSSR count). The number of aliphatic hydroxyl groups excluding tert-OH is 1. The van der Waals surface area contributed by atoms with E-state index in [0.717, 1.165) is 127 Å². The lowest BCUT2D eigenvalue weighted by Gasteiger charge is -2.21. The molecule has 7 atom stereocenters. The molecule has 0 aliphatic carbocycles. The Kier molecular flexibility index (Phi) is 60.7. The van der Waals surface area contributed by atoms with Crippen molar-refractivity contribution in [2.24, 2.45) is 17.8 Å². The minimum Gasteiger partial charge on any atom is -0.462 e. The van der Waals surface area contributed by atoms with Gasteiger partial charge in [-0.15, -0.1) is 0 Å². The molecular weight excluding hydrogens is 1200 g/mol. The summed E-state index contributed by atoms with van der Waals surface area (Å²) in [6, 6.07) is 0. The summed E-state index contributed by atoms with van der Waals surface area (Å²) < 4.78 is 68.3. The molecule has 0 aliphatic heterocycles. The molecule has 3 N–H and O–H groups in total. The van der Waals surface area contributed by atoms with Gasteiger partial charge >= 0.3 is 39.5 Å². The fourth-order valence-electron chi connectivity index (χ4n) is 10.3. The van der Waals surface area contributed by atoms with E-state index in [9.17, 15) is 43.2 Å². The SMILES string of the molecule is CCCCCC/C=C\C=C/CCCCCCCC(=O)OC[C@H](COP(=O)(O)OCC(O)COP(=O)(O)OC[C@@H](COC(=O)CCCCCCCCCC(C)C)OC(=O)CCCCCCCCCCCCC(C)CC)OC(=O)CCCCCCCCCCC(C)CC. The van der Waals surface area contributed by atoms with Crippen molar-refractivity contribution in [2.45, 2.75) is 356 Å². The lowest BCUT2D eigenvalue weighted by molar-refractivity contribution is -0.161. The molecule has 0 aromatic carbocycles. The van der Waals surface area contributed by atoms with Crippen LogP contribution in [0.25, 0.3) is 0 Å². The third-order valence-electron chi connectivity index (χ3n) is 16.7. The van der Waals surface area contributed by atoms with Crippen molar-refractivity contribution >= 4 is 39.5 Å². The van der Waals surface area contributed by atoms with Crippen LogP contribution in [-0.2, 0) is 65.4 Å². The molecule has 0 spiro atoms. The van der Waals surface area contributed by atoms with Gasteiger partial charge in [-0.2, -0.15) is 0 Å². The van der Waals surface area contributed by atoms with Gasteiger partial charge in [-0.1, -0.05) is 285 Å². The molecule has 0 aliphatic rings. The quantitative estimate of drug-likeness (QED) is 0.0169. The third-order valence-corrected chi connectivity index (χ3v) is 18.6. The van der Waals surface area contributed by atoms with E-state index in [1.54, 1.807) is 0 Å². The summed E-state index contributed by atoms with van der Waals surface area (Å²) in [5, 5.41) is 10.6. The van der Waals surface area contributed by atoms with Gasteiger partial charge in [-0.3, -0.25) is 37.3 Å². The van der Waals surface area contributed by atoms with E-state index in [-0.39, 0.29) is 25.7 Å². The van der Waals surface area contributed by atoms with Crippen LogP contribution in [0.5, 0.6) is 0 Å². The molecule has 0 radical (unpaired) electrons. The predicted molar refractivity (Wildman–Crippen MR) is 367 cm³/mol. The zero-order valence-corrected chi connectivity index (χ0v) is 60.6. The summed E-state index contributed by atoms with van der Waals surface area (Å²) in [7, 11) is -9.92. The van der Waals surface area contributed by atoms with E-state index in [1.165, 1.54) is 122 Å². The number of rotatable bonds is 68. The normalized spacial score (nSPS) is 14.9. The molecule has 0 bridgehead atoms. The Balaban J connectivity index is 5.29.